The van der Waals surface area contributed by atoms with Crippen LogP contribution >= 0.6 is 0 Å². The summed E-state index contributed by atoms with van der Waals surface area (Å²) in [4.78, 5) is 11.3. The summed E-state index contributed by atoms with van der Waals surface area (Å²) in [5.74, 6) is 1.21. The van der Waals surface area contributed by atoms with Gasteiger partial charge < -0.3 is 14.6 Å². The van der Waals surface area contributed by atoms with Gasteiger partial charge in [-0.3, -0.25) is 4.79 Å². The molecule has 0 saturated heterocycles. The lowest BCUT2D eigenvalue weighted by atomic mass is 9.98. The summed E-state index contributed by atoms with van der Waals surface area (Å²) >= 11 is 0. The van der Waals surface area contributed by atoms with Crippen LogP contribution in [-0.2, 0) is 16.0 Å². The summed E-state index contributed by atoms with van der Waals surface area (Å²) in [5, 5.41) is 9.90. The number of ketones is 1. The first kappa shape index (κ1) is 19.1. The number of phenolic OH excluding ortho intramolecular Hbond substituents is 1. The van der Waals surface area contributed by atoms with Gasteiger partial charge in [0.15, 0.2) is 11.5 Å². The van der Waals surface area contributed by atoms with Gasteiger partial charge in [-0.05, 0) is 58.2 Å². The Morgan fingerprint density at radius 2 is 2.00 bits per heavy atom. The van der Waals surface area contributed by atoms with E-state index >= 15 is 0 Å². The van der Waals surface area contributed by atoms with Crippen LogP contribution in [0, 0.1) is 5.92 Å². The molecule has 1 N–H and O–H groups in total. The molecule has 1 atom stereocenters. The molecule has 23 heavy (non-hydrogen) atoms. The molecule has 0 amide bonds. The molecule has 1 aromatic carbocycles. The molecule has 0 bridgehead atoms. The van der Waals surface area contributed by atoms with E-state index in [-0.39, 0.29) is 29.7 Å². The van der Waals surface area contributed by atoms with E-state index in [0.717, 1.165) is 18.4 Å². The second-order valence-corrected chi connectivity index (χ2v) is 6.89. The third-order valence-corrected chi connectivity index (χ3v) is 3.42. The lowest BCUT2D eigenvalue weighted by molar-refractivity contribution is -0.120. The molecule has 1 rings (SSSR count). The summed E-state index contributed by atoms with van der Waals surface area (Å²) in [6, 6.07) is 5.25. The van der Waals surface area contributed by atoms with Crippen LogP contribution in [-0.4, -0.2) is 23.1 Å². The normalized spacial score (nSPS) is 12.6. The van der Waals surface area contributed by atoms with E-state index in [4.69, 9.17) is 9.47 Å². The molecule has 128 valence electrons. The third-order valence-electron chi connectivity index (χ3n) is 3.42. The van der Waals surface area contributed by atoms with Crippen molar-refractivity contribution in [2.75, 3.05) is 6.61 Å². The Morgan fingerprint density at radius 1 is 1.35 bits per heavy atom. The number of rotatable bonds is 8. The lowest BCUT2D eigenvalue weighted by Crippen LogP contribution is -2.20. The van der Waals surface area contributed by atoms with E-state index in [1.54, 1.807) is 19.1 Å². The van der Waals surface area contributed by atoms with Crippen molar-refractivity contribution in [1.29, 1.82) is 0 Å². The van der Waals surface area contributed by atoms with Crippen molar-refractivity contribution in [3.63, 3.8) is 0 Å². The van der Waals surface area contributed by atoms with Crippen LogP contribution in [0.25, 0.3) is 0 Å². The van der Waals surface area contributed by atoms with Gasteiger partial charge in [0, 0.05) is 5.92 Å². The SMILES string of the molecule is C=C(COc1cc(CC[C@H](C)C(C)=O)ccc1O)OC(C)(C)C. The molecule has 4 nitrogen and oxygen atoms in total. The zero-order valence-corrected chi connectivity index (χ0v) is 14.8. The number of aryl methyl sites for hydroxylation is 1. The predicted octanol–water partition coefficient (Wildman–Crippen LogP) is 4.26. The summed E-state index contributed by atoms with van der Waals surface area (Å²) in [5.41, 5.74) is 0.695. The van der Waals surface area contributed by atoms with E-state index < -0.39 is 0 Å². The molecule has 0 aliphatic rings. The van der Waals surface area contributed by atoms with Crippen LogP contribution in [0.4, 0.5) is 0 Å². The van der Waals surface area contributed by atoms with Crippen LogP contribution < -0.4 is 4.74 Å². The summed E-state index contributed by atoms with van der Waals surface area (Å²) in [7, 11) is 0. The van der Waals surface area contributed by atoms with Gasteiger partial charge in [0.25, 0.3) is 0 Å². The molecule has 0 fully saturated rings. The molecule has 0 heterocycles. The van der Waals surface area contributed by atoms with Gasteiger partial charge in [0.1, 0.15) is 23.8 Å². The van der Waals surface area contributed by atoms with Gasteiger partial charge in [-0.1, -0.05) is 19.6 Å². The van der Waals surface area contributed by atoms with Crippen molar-refractivity contribution in [1.82, 2.24) is 0 Å². The minimum atomic E-state index is -0.326. The molecule has 0 spiro atoms. The quantitative estimate of drug-likeness (QED) is 0.727. The highest BCUT2D eigenvalue weighted by Gasteiger charge is 2.14. The Kier molecular flexibility index (Phi) is 6.67. The monoisotopic (exact) mass is 320 g/mol. The fourth-order valence-electron chi connectivity index (χ4n) is 2.04. The summed E-state index contributed by atoms with van der Waals surface area (Å²) in [6.07, 6.45) is 1.54. The highest BCUT2D eigenvalue weighted by molar-refractivity contribution is 5.77. The lowest BCUT2D eigenvalue weighted by Gasteiger charge is -2.23. The molecule has 1 aromatic rings. The van der Waals surface area contributed by atoms with Crippen molar-refractivity contribution >= 4 is 5.78 Å². The topological polar surface area (TPSA) is 55.8 Å². The maximum absolute atomic E-state index is 11.3. The average molecular weight is 320 g/mol. The largest absolute Gasteiger partial charge is 0.504 e. The average Bonchev–Trinajstić information content (AvgIpc) is 2.42. The molecule has 4 heteroatoms. The molecule has 0 aliphatic carbocycles. The van der Waals surface area contributed by atoms with Crippen LogP contribution in [0.15, 0.2) is 30.5 Å². The van der Waals surface area contributed by atoms with Crippen LogP contribution in [0.5, 0.6) is 11.5 Å². The smallest absolute Gasteiger partial charge is 0.161 e. The fourth-order valence-corrected chi connectivity index (χ4v) is 2.04. The van der Waals surface area contributed by atoms with Crippen LogP contribution in [0.2, 0.25) is 0 Å². The third kappa shape index (κ3) is 7.22. The van der Waals surface area contributed by atoms with Gasteiger partial charge in [0.05, 0.1) is 0 Å². The van der Waals surface area contributed by atoms with Gasteiger partial charge in [-0.15, -0.1) is 0 Å². The van der Waals surface area contributed by atoms with Crippen LogP contribution in [0.3, 0.4) is 0 Å². The number of hydrogen-bond donors (Lipinski definition) is 1. The number of hydrogen-bond acceptors (Lipinski definition) is 4. The van der Waals surface area contributed by atoms with Gasteiger partial charge >= 0.3 is 0 Å². The van der Waals surface area contributed by atoms with Crippen molar-refractivity contribution < 1.29 is 19.4 Å². The number of ether oxygens (including phenoxy) is 2. The number of carbonyl (C=O) groups is 1. The zero-order valence-electron chi connectivity index (χ0n) is 14.8. The first-order chi connectivity index (χ1) is 10.6. The van der Waals surface area contributed by atoms with E-state index in [9.17, 15) is 9.90 Å². The second-order valence-electron chi connectivity index (χ2n) is 6.89. The molecule has 0 saturated carbocycles. The van der Waals surface area contributed by atoms with Crippen molar-refractivity contribution in [3.05, 3.63) is 36.1 Å². The van der Waals surface area contributed by atoms with Gasteiger partial charge in [-0.25, -0.2) is 0 Å². The highest BCUT2D eigenvalue weighted by Crippen LogP contribution is 2.28. The van der Waals surface area contributed by atoms with Crippen molar-refractivity contribution in [2.24, 2.45) is 5.92 Å². The molecule has 0 aromatic heterocycles. The van der Waals surface area contributed by atoms with E-state index in [1.165, 1.54) is 0 Å². The number of benzene rings is 1. The van der Waals surface area contributed by atoms with Crippen molar-refractivity contribution in [2.45, 2.75) is 53.1 Å². The summed E-state index contributed by atoms with van der Waals surface area (Å²) < 4.78 is 11.2. The first-order valence-electron chi connectivity index (χ1n) is 7.90. The maximum atomic E-state index is 11.3. The molecular formula is C19H28O4. The number of Topliss-reactive ketones (excluding diaryl/α,β-unsaturated/α-hetero) is 1. The minimum absolute atomic E-state index is 0.0353. The fraction of sp³-hybridized carbons (Fsp3) is 0.526. The van der Waals surface area contributed by atoms with Crippen molar-refractivity contribution in [3.8, 4) is 11.5 Å². The Bertz CT molecular complexity index is 555. The Hall–Kier alpha value is -1.97. The van der Waals surface area contributed by atoms with Crippen LogP contribution in [0.1, 0.15) is 46.6 Å². The Morgan fingerprint density at radius 3 is 2.57 bits per heavy atom. The highest BCUT2D eigenvalue weighted by atomic mass is 16.5. The molecule has 0 unspecified atom stereocenters. The minimum Gasteiger partial charge on any atom is -0.504 e. The molecule has 0 aliphatic heterocycles. The first-order valence-corrected chi connectivity index (χ1v) is 7.90. The predicted molar refractivity (Wildman–Crippen MR) is 91.7 cm³/mol. The van der Waals surface area contributed by atoms with Gasteiger partial charge in [0.2, 0.25) is 0 Å². The second kappa shape index (κ2) is 8.04. The zero-order chi connectivity index (χ0) is 17.6. The Balaban J connectivity index is 2.63. The molecular weight excluding hydrogens is 292 g/mol. The number of phenols is 1. The molecule has 0 radical (unpaired) electrons. The van der Waals surface area contributed by atoms with Gasteiger partial charge in [-0.2, -0.15) is 0 Å². The standard InChI is InChI=1S/C19H28O4/c1-13(15(3)20)7-8-16-9-10-17(21)18(11-16)22-12-14(2)23-19(4,5)6/h9-11,13,21H,2,7-8,12H2,1,3-6H3/t13-/m0/s1. The van der Waals surface area contributed by atoms with E-state index in [0.29, 0.717) is 11.5 Å². The number of aromatic hydroxyl groups is 1. The van der Waals surface area contributed by atoms with E-state index in [1.807, 2.05) is 33.8 Å². The number of carbonyl (C=O) groups excluding carboxylic acids is 1. The van der Waals surface area contributed by atoms with E-state index in [2.05, 4.69) is 6.58 Å². The maximum Gasteiger partial charge on any atom is 0.161 e. The summed E-state index contributed by atoms with van der Waals surface area (Å²) in [6.45, 7) is 13.3. The Labute approximate surface area is 139 Å².